The van der Waals surface area contributed by atoms with Crippen molar-refractivity contribution in [2.45, 2.75) is 44.9 Å². The van der Waals surface area contributed by atoms with E-state index in [2.05, 4.69) is 0 Å². The number of hydrogen-bond acceptors (Lipinski definition) is 4. The van der Waals surface area contributed by atoms with Crippen molar-refractivity contribution in [1.29, 1.82) is 0 Å². The van der Waals surface area contributed by atoms with Crippen LogP contribution in [0.25, 0.3) is 0 Å². The second-order valence-electron chi connectivity index (χ2n) is 6.28. The average molecular weight is 307 g/mol. The molecule has 0 saturated carbocycles. The van der Waals surface area contributed by atoms with Gasteiger partial charge in [-0.1, -0.05) is 18.2 Å². The van der Waals surface area contributed by atoms with Gasteiger partial charge in [0.15, 0.2) is 0 Å². The second kappa shape index (κ2) is 6.25. The lowest BCUT2D eigenvalue weighted by Gasteiger charge is -2.26. The van der Waals surface area contributed by atoms with Gasteiger partial charge in [0.1, 0.15) is 23.5 Å². The van der Waals surface area contributed by atoms with E-state index in [9.17, 15) is 14.7 Å². The summed E-state index contributed by atoms with van der Waals surface area (Å²) >= 11 is 0. The topological polar surface area (TPSA) is 76.1 Å². The molecule has 2 atom stereocenters. The fourth-order valence-electron chi connectivity index (χ4n) is 2.33. The number of hydrogen-bond donors (Lipinski definition) is 1. The molecule has 6 heteroatoms. The van der Waals surface area contributed by atoms with Crippen LogP contribution in [0.1, 0.15) is 27.2 Å². The molecule has 2 rings (SSSR count). The highest BCUT2D eigenvalue weighted by Gasteiger charge is 2.42. The number of carbonyl (C=O) groups excluding carboxylic acids is 1. The summed E-state index contributed by atoms with van der Waals surface area (Å²) in [5, 5.41) is 9.31. The summed E-state index contributed by atoms with van der Waals surface area (Å²) in [6.07, 6.45) is -0.751. The molecule has 0 bridgehead atoms. The van der Waals surface area contributed by atoms with E-state index >= 15 is 0 Å². The van der Waals surface area contributed by atoms with Crippen molar-refractivity contribution in [2.24, 2.45) is 0 Å². The number of para-hydroxylation sites is 1. The monoisotopic (exact) mass is 307 g/mol. The average Bonchev–Trinajstić information content (AvgIpc) is 2.82. The molecule has 1 aliphatic rings. The van der Waals surface area contributed by atoms with Crippen molar-refractivity contribution < 1.29 is 24.2 Å². The number of ether oxygens (including phenoxy) is 2. The molecule has 1 amide bonds. The normalized spacial score (nSPS) is 21.5. The molecule has 22 heavy (non-hydrogen) atoms. The van der Waals surface area contributed by atoms with Gasteiger partial charge >= 0.3 is 12.1 Å². The lowest BCUT2D eigenvalue weighted by molar-refractivity contribution is -0.142. The van der Waals surface area contributed by atoms with Crippen molar-refractivity contribution in [3.8, 4) is 5.75 Å². The Morgan fingerprint density at radius 1 is 1.23 bits per heavy atom. The van der Waals surface area contributed by atoms with Crippen LogP contribution in [0.3, 0.4) is 0 Å². The Morgan fingerprint density at radius 2 is 1.86 bits per heavy atom. The van der Waals surface area contributed by atoms with E-state index in [1.807, 2.05) is 18.2 Å². The standard InChI is InChI=1S/C16H21NO5/c1-16(2,3)22-15(20)17-10-12(9-13(17)14(18)19)21-11-7-5-4-6-8-11/h4-8,12-13H,9-10H2,1-3H3,(H,18,19)/t12-,13?/m0/s1. The molecule has 6 nitrogen and oxygen atoms in total. The minimum absolute atomic E-state index is 0.195. The Bertz CT molecular complexity index is 537. The maximum absolute atomic E-state index is 12.2. The molecule has 1 N–H and O–H groups in total. The van der Waals surface area contributed by atoms with Gasteiger partial charge < -0.3 is 14.6 Å². The fourth-order valence-corrected chi connectivity index (χ4v) is 2.33. The van der Waals surface area contributed by atoms with Crippen LogP contribution in [-0.2, 0) is 9.53 Å². The first-order valence-corrected chi connectivity index (χ1v) is 7.20. The van der Waals surface area contributed by atoms with E-state index in [0.29, 0.717) is 5.75 Å². The van der Waals surface area contributed by atoms with Crippen LogP contribution in [0.4, 0.5) is 4.79 Å². The van der Waals surface area contributed by atoms with Crippen molar-refractivity contribution in [3.05, 3.63) is 30.3 Å². The van der Waals surface area contributed by atoms with Crippen molar-refractivity contribution in [1.82, 2.24) is 4.90 Å². The molecule has 1 aromatic rings. The first-order chi connectivity index (χ1) is 10.3. The first kappa shape index (κ1) is 16.1. The van der Waals surface area contributed by atoms with Gasteiger partial charge in [-0.25, -0.2) is 9.59 Å². The molecular formula is C16H21NO5. The van der Waals surface area contributed by atoms with Gasteiger partial charge in [0.05, 0.1) is 6.54 Å². The van der Waals surface area contributed by atoms with Gasteiger partial charge in [0.2, 0.25) is 0 Å². The number of rotatable bonds is 3. The van der Waals surface area contributed by atoms with E-state index in [1.54, 1.807) is 32.9 Å². The summed E-state index contributed by atoms with van der Waals surface area (Å²) in [5.41, 5.74) is -0.668. The minimum Gasteiger partial charge on any atom is -0.488 e. The van der Waals surface area contributed by atoms with Crippen LogP contribution < -0.4 is 4.74 Å². The van der Waals surface area contributed by atoms with E-state index in [4.69, 9.17) is 9.47 Å². The smallest absolute Gasteiger partial charge is 0.411 e. The molecular weight excluding hydrogens is 286 g/mol. The maximum atomic E-state index is 12.2. The van der Waals surface area contributed by atoms with E-state index in [-0.39, 0.29) is 19.1 Å². The van der Waals surface area contributed by atoms with Gasteiger partial charge in [-0.15, -0.1) is 0 Å². The van der Waals surface area contributed by atoms with Crippen LogP contribution in [0.2, 0.25) is 0 Å². The highest BCUT2D eigenvalue weighted by atomic mass is 16.6. The van der Waals surface area contributed by atoms with Crippen LogP contribution in [-0.4, -0.2) is 46.4 Å². The number of carboxylic acids is 1. The molecule has 0 aliphatic carbocycles. The van der Waals surface area contributed by atoms with Crippen LogP contribution >= 0.6 is 0 Å². The minimum atomic E-state index is -1.05. The highest BCUT2D eigenvalue weighted by Crippen LogP contribution is 2.25. The lowest BCUT2D eigenvalue weighted by Crippen LogP contribution is -2.43. The number of carbonyl (C=O) groups is 2. The Hall–Kier alpha value is -2.24. The Labute approximate surface area is 129 Å². The van der Waals surface area contributed by atoms with E-state index in [1.165, 1.54) is 4.90 Å². The maximum Gasteiger partial charge on any atom is 0.411 e. The summed E-state index contributed by atoms with van der Waals surface area (Å²) in [4.78, 5) is 24.8. The Morgan fingerprint density at radius 3 is 2.41 bits per heavy atom. The zero-order valence-electron chi connectivity index (χ0n) is 13.0. The number of amides is 1. The van der Waals surface area contributed by atoms with E-state index < -0.39 is 23.7 Å². The summed E-state index contributed by atoms with van der Waals surface area (Å²) in [7, 11) is 0. The number of carboxylic acid groups (broad SMARTS) is 1. The van der Waals surface area contributed by atoms with Crippen LogP contribution in [0, 0.1) is 0 Å². The first-order valence-electron chi connectivity index (χ1n) is 7.20. The van der Waals surface area contributed by atoms with Gasteiger partial charge in [0, 0.05) is 6.42 Å². The lowest BCUT2D eigenvalue weighted by atomic mass is 10.2. The van der Waals surface area contributed by atoms with Gasteiger partial charge in [-0.2, -0.15) is 0 Å². The Balaban J connectivity index is 2.06. The quantitative estimate of drug-likeness (QED) is 0.928. The molecule has 120 valence electrons. The zero-order valence-corrected chi connectivity index (χ0v) is 13.0. The van der Waals surface area contributed by atoms with Crippen molar-refractivity contribution in [3.63, 3.8) is 0 Å². The molecule has 1 heterocycles. The Kier molecular flexibility index (Phi) is 4.59. The van der Waals surface area contributed by atoms with Crippen LogP contribution in [0.15, 0.2) is 30.3 Å². The van der Waals surface area contributed by atoms with E-state index in [0.717, 1.165) is 0 Å². The molecule has 1 aliphatic heterocycles. The summed E-state index contributed by atoms with van der Waals surface area (Å²) in [6, 6.07) is 8.21. The summed E-state index contributed by atoms with van der Waals surface area (Å²) in [6.45, 7) is 5.43. The molecule has 0 spiro atoms. The van der Waals surface area contributed by atoms with Crippen molar-refractivity contribution in [2.75, 3.05) is 6.54 Å². The SMILES string of the molecule is CC(C)(C)OC(=O)N1C[C@@H](Oc2ccccc2)CC1C(=O)O. The number of benzene rings is 1. The number of nitrogens with zero attached hydrogens (tertiary/aromatic N) is 1. The molecule has 1 saturated heterocycles. The highest BCUT2D eigenvalue weighted by molar-refractivity contribution is 5.81. The number of aliphatic carboxylic acids is 1. The zero-order chi connectivity index (χ0) is 16.3. The third-order valence-corrected chi connectivity index (χ3v) is 3.22. The van der Waals surface area contributed by atoms with Crippen LogP contribution in [0.5, 0.6) is 5.75 Å². The van der Waals surface area contributed by atoms with Gasteiger partial charge in [-0.05, 0) is 32.9 Å². The van der Waals surface area contributed by atoms with Gasteiger partial charge in [-0.3, -0.25) is 4.90 Å². The predicted octanol–water partition coefficient (Wildman–Crippen LogP) is 2.53. The third kappa shape index (κ3) is 4.13. The fraction of sp³-hybridized carbons (Fsp3) is 0.500. The largest absolute Gasteiger partial charge is 0.488 e. The summed E-state index contributed by atoms with van der Waals surface area (Å²) in [5.74, 6) is -0.396. The second-order valence-corrected chi connectivity index (χ2v) is 6.28. The third-order valence-electron chi connectivity index (χ3n) is 3.22. The molecule has 1 aromatic carbocycles. The predicted molar refractivity (Wildman–Crippen MR) is 79.8 cm³/mol. The molecule has 0 aromatic heterocycles. The molecule has 1 unspecified atom stereocenters. The molecule has 1 fully saturated rings. The summed E-state index contributed by atoms with van der Waals surface area (Å²) < 4.78 is 11.0. The van der Waals surface area contributed by atoms with Crippen molar-refractivity contribution >= 4 is 12.1 Å². The molecule has 0 radical (unpaired) electrons. The number of likely N-dealkylation sites (tertiary alicyclic amines) is 1. The van der Waals surface area contributed by atoms with Gasteiger partial charge in [0.25, 0.3) is 0 Å².